The number of nitrogens with zero attached hydrogens (tertiary/aromatic N) is 1. The van der Waals surface area contributed by atoms with Crippen LogP contribution in [0.25, 0.3) is 0 Å². The Labute approximate surface area is 80.4 Å². The third-order valence-electron chi connectivity index (χ3n) is 2.11. The Hall–Kier alpha value is -0.900. The Balaban J connectivity index is 2.25. The quantitative estimate of drug-likeness (QED) is 0.805. The van der Waals surface area contributed by atoms with E-state index < -0.39 is 5.97 Å². The fourth-order valence-electron chi connectivity index (χ4n) is 1.43. The SMILES string of the molecule is Cc1nc(C2CC2)c(CC(=O)O)s1. The minimum atomic E-state index is -0.759. The first-order chi connectivity index (χ1) is 6.16. The molecule has 0 bridgehead atoms. The van der Waals surface area contributed by atoms with Crippen molar-refractivity contribution in [1.82, 2.24) is 4.98 Å². The molecule has 0 unspecified atom stereocenters. The molecule has 1 fully saturated rings. The van der Waals surface area contributed by atoms with Crippen LogP contribution in [0.4, 0.5) is 0 Å². The highest BCUT2D eigenvalue weighted by Gasteiger charge is 2.29. The number of rotatable bonds is 3. The van der Waals surface area contributed by atoms with E-state index in [1.807, 2.05) is 6.92 Å². The zero-order chi connectivity index (χ0) is 9.42. The van der Waals surface area contributed by atoms with Crippen LogP contribution >= 0.6 is 11.3 Å². The molecule has 0 aromatic carbocycles. The summed E-state index contributed by atoms with van der Waals surface area (Å²) in [4.78, 5) is 15.9. The molecule has 4 heteroatoms. The molecule has 1 N–H and O–H groups in total. The van der Waals surface area contributed by atoms with Crippen molar-refractivity contribution in [2.75, 3.05) is 0 Å². The number of aryl methyl sites for hydroxylation is 1. The molecule has 0 amide bonds. The molecule has 1 aliphatic carbocycles. The minimum Gasteiger partial charge on any atom is -0.481 e. The maximum atomic E-state index is 10.6. The van der Waals surface area contributed by atoms with Gasteiger partial charge in [0.15, 0.2) is 0 Å². The molecular weight excluding hydrogens is 186 g/mol. The van der Waals surface area contributed by atoms with Gasteiger partial charge >= 0.3 is 5.97 Å². The normalized spacial score (nSPS) is 16.1. The summed E-state index contributed by atoms with van der Waals surface area (Å²) in [6.07, 6.45) is 2.49. The van der Waals surface area contributed by atoms with Gasteiger partial charge in [0.05, 0.1) is 17.1 Å². The van der Waals surface area contributed by atoms with Gasteiger partial charge in [-0.2, -0.15) is 0 Å². The fourth-order valence-corrected chi connectivity index (χ4v) is 2.44. The third kappa shape index (κ3) is 1.88. The lowest BCUT2D eigenvalue weighted by Crippen LogP contribution is -2.00. The zero-order valence-corrected chi connectivity index (χ0v) is 8.23. The van der Waals surface area contributed by atoms with E-state index in [1.54, 1.807) is 0 Å². The summed E-state index contributed by atoms with van der Waals surface area (Å²) in [5.41, 5.74) is 1.05. The molecule has 0 saturated heterocycles. The molecule has 70 valence electrons. The molecule has 13 heavy (non-hydrogen) atoms. The summed E-state index contributed by atoms with van der Waals surface area (Å²) >= 11 is 1.52. The number of carboxylic acids is 1. The summed E-state index contributed by atoms with van der Waals surface area (Å²) in [5.74, 6) is -0.204. The second-order valence-electron chi connectivity index (χ2n) is 3.39. The van der Waals surface area contributed by atoms with Crippen LogP contribution in [-0.4, -0.2) is 16.1 Å². The van der Waals surface area contributed by atoms with Gasteiger partial charge in [0.1, 0.15) is 0 Å². The van der Waals surface area contributed by atoms with Gasteiger partial charge < -0.3 is 5.11 Å². The lowest BCUT2D eigenvalue weighted by molar-refractivity contribution is -0.136. The molecule has 0 atom stereocenters. The fraction of sp³-hybridized carbons (Fsp3) is 0.556. The number of carbonyl (C=O) groups is 1. The van der Waals surface area contributed by atoms with Crippen molar-refractivity contribution in [2.45, 2.75) is 32.1 Å². The minimum absolute atomic E-state index is 0.136. The summed E-state index contributed by atoms with van der Waals surface area (Å²) < 4.78 is 0. The second kappa shape index (κ2) is 3.10. The van der Waals surface area contributed by atoms with E-state index in [0.29, 0.717) is 5.92 Å². The van der Waals surface area contributed by atoms with Crippen molar-refractivity contribution in [3.05, 3.63) is 15.6 Å². The zero-order valence-electron chi connectivity index (χ0n) is 7.41. The van der Waals surface area contributed by atoms with Crippen LogP contribution in [0, 0.1) is 6.92 Å². The smallest absolute Gasteiger partial charge is 0.308 e. The van der Waals surface area contributed by atoms with Crippen molar-refractivity contribution < 1.29 is 9.90 Å². The number of thiazole rings is 1. The average Bonchev–Trinajstić information content (AvgIpc) is 2.77. The number of aromatic nitrogens is 1. The predicted octanol–water partition coefficient (Wildman–Crippen LogP) is 1.96. The first-order valence-electron chi connectivity index (χ1n) is 4.35. The van der Waals surface area contributed by atoms with Gasteiger partial charge in [-0.05, 0) is 19.8 Å². The molecule has 0 radical (unpaired) electrons. The van der Waals surface area contributed by atoms with E-state index in [-0.39, 0.29) is 6.42 Å². The van der Waals surface area contributed by atoms with Gasteiger partial charge in [0, 0.05) is 10.8 Å². The predicted molar refractivity (Wildman–Crippen MR) is 50.2 cm³/mol. The van der Waals surface area contributed by atoms with Gasteiger partial charge in [-0.15, -0.1) is 11.3 Å². The van der Waals surface area contributed by atoms with Gasteiger partial charge in [0.25, 0.3) is 0 Å². The Morgan fingerprint density at radius 3 is 2.92 bits per heavy atom. The van der Waals surface area contributed by atoms with Crippen LogP contribution in [0.5, 0.6) is 0 Å². The largest absolute Gasteiger partial charge is 0.481 e. The molecule has 1 heterocycles. The van der Waals surface area contributed by atoms with Gasteiger partial charge in [-0.3, -0.25) is 4.79 Å². The maximum Gasteiger partial charge on any atom is 0.308 e. The molecule has 3 nitrogen and oxygen atoms in total. The van der Waals surface area contributed by atoms with E-state index in [9.17, 15) is 4.79 Å². The Morgan fingerprint density at radius 2 is 2.38 bits per heavy atom. The number of hydrogen-bond acceptors (Lipinski definition) is 3. The summed E-state index contributed by atoms with van der Waals surface area (Å²) in [7, 11) is 0. The van der Waals surface area contributed by atoms with Gasteiger partial charge in [0.2, 0.25) is 0 Å². The van der Waals surface area contributed by atoms with Crippen molar-refractivity contribution in [2.24, 2.45) is 0 Å². The Bertz CT molecular complexity index is 341. The second-order valence-corrected chi connectivity index (χ2v) is 4.67. The first kappa shape index (κ1) is 8.69. The molecular formula is C9H11NO2S. The highest BCUT2D eigenvalue weighted by molar-refractivity contribution is 7.11. The van der Waals surface area contributed by atoms with Crippen LogP contribution in [0.2, 0.25) is 0 Å². The molecule has 1 aliphatic rings. The highest BCUT2D eigenvalue weighted by atomic mass is 32.1. The van der Waals surface area contributed by atoms with E-state index in [4.69, 9.17) is 5.11 Å². The van der Waals surface area contributed by atoms with Crippen LogP contribution in [-0.2, 0) is 11.2 Å². The molecule has 1 saturated carbocycles. The van der Waals surface area contributed by atoms with Gasteiger partial charge in [-0.1, -0.05) is 0 Å². The summed E-state index contributed by atoms with van der Waals surface area (Å²) in [6, 6.07) is 0. The monoisotopic (exact) mass is 197 g/mol. The van der Waals surface area contributed by atoms with Crippen molar-refractivity contribution in [1.29, 1.82) is 0 Å². The molecule has 1 aromatic heterocycles. The number of carboxylic acid groups (broad SMARTS) is 1. The highest BCUT2D eigenvalue weighted by Crippen LogP contribution is 2.42. The molecule has 0 spiro atoms. The maximum absolute atomic E-state index is 10.6. The summed E-state index contributed by atoms with van der Waals surface area (Å²) in [6.45, 7) is 1.93. The molecule has 2 rings (SSSR count). The van der Waals surface area contributed by atoms with E-state index in [0.717, 1.165) is 15.6 Å². The number of hydrogen-bond donors (Lipinski definition) is 1. The lowest BCUT2D eigenvalue weighted by atomic mass is 10.2. The summed E-state index contributed by atoms with van der Waals surface area (Å²) in [5, 5.41) is 9.67. The van der Waals surface area contributed by atoms with Crippen LogP contribution in [0.15, 0.2) is 0 Å². The van der Waals surface area contributed by atoms with Crippen LogP contribution < -0.4 is 0 Å². The molecule has 0 aliphatic heterocycles. The number of aliphatic carboxylic acids is 1. The van der Waals surface area contributed by atoms with Crippen molar-refractivity contribution in [3.63, 3.8) is 0 Å². The first-order valence-corrected chi connectivity index (χ1v) is 5.16. The van der Waals surface area contributed by atoms with E-state index >= 15 is 0 Å². The van der Waals surface area contributed by atoms with Gasteiger partial charge in [-0.25, -0.2) is 4.98 Å². The Kier molecular flexibility index (Phi) is 2.07. The van der Waals surface area contributed by atoms with Crippen molar-refractivity contribution >= 4 is 17.3 Å². The van der Waals surface area contributed by atoms with E-state index in [1.165, 1.54) is 24.2 Å². The topological polar surface area (TPSA) is 50.2 Å². The lowest BCUT2D eigenvalue weighted by Gasteiger charge is -1.94. The third-order valence-corrected chi connectivity index (χ3v) is 3.10. The van der Waals surface area contributed by atoms with E-state index in [2.05, 4.69) is 4.98 Å². The Morgan fingerprint density at radius 1 is 1.69 bits per heavy atom. The van der Waals surface area contributed by atoms with Crippen LogP contribution in [0.3, 0.4) is 0 Å². The molecule has 1 aromatic rings. The standard InChI is InChI=1S/C9H11NO2S/c1-5-10-9(6-2-3-6)7(13-5)4-8(11)12/h6H,2-4H2,1H3,(H,11,12). The average molecular weight is 197 g/mol. The van der Waals surface area contributed by atoms with Crippen LogP contribution in [0.1, 0.15) is 34.3 Å². The van der Waals surface area contributed by atoms with Crippen molar-refractivity contribution in [3.8, 4) is 0 Å².